The lowest BCUT2D eigenvalue weighted by Gasteiger charge is -2.33. The van der Waals surface area contributed by atoms with Crippen LogP contribution in [0.15, 0.2) is 30.5 Å². The molecule has 5 heteroatoms. The van der Waals surface area contributed by atoms with Gasteiger partial charge in [-0.05, 0) is 25.0 Å². The Morgan fingerprint density at radius 2 is 2.10 bits per heavy atom. The highest BCUT2D eigenvalue weighted by atomic mass is 35.5. The van der Waals surface area contributed by atoms with Crippen molar-refractivity contribution in [3.8, 4) is 0 Å². The van der Waals surface area contributed by atoms with Crippen molar-refractivity contribution < 1.29 is 4.79 Å². The van der Waals surface area contributed by atoms with E-state index in [2.05, 4.69) is 15.2 Å². The summed E-state index contributed by atoms with van der Waals surface area (Å²) in [5.41, 5.74) is 1.99. The van der Waals surface area contributed by atoms with Crippen LogP contribution < -0.4 is 10.2 Å². The van der Waals surface area contributed by atoms with Gasteiger partial charge in [0.05, 0.1) is 10.5 Å². The summed E-state index contributed by atoms with van der Waals surface area (Å²) in [5.74, 6) is 0.278. The normalized spacial score (nSPS) is 16.2. The number of para-hydroxylation sites is 1. The average Bonchev–Trinajstić information content (AvgIpc) is 2.54. The third-order valence-corrected chi connectivity index (χ3v) is 4.46. The van der Waals surface area contributed by atoms with Gasteiger partial charge in [-0.15, -0.1) is 0 Å². The Balaban J connectivity index is 1.86. The number of amides is 1. The van der Waals surface area contributed by atoms with Crippen LogP contribution in [0.3, 0.4) is 0 Å². The molecule has 1 amide bonds. The number of hydrogen-bond acceptors (Lipinski definition) is 3. The van der Waals surface area contributed by atoms with Crippen molar-refractivity contribution in [3.63, 3.8) is 0 Å². The number of fused-ring (bicyclic) bond motifs is 1. The van der Waals surface area contributed by atoms with Gasteiger partial charge in [0.15, 0.2) is 0 Å². The van der Waals surface area contributed by atoms with E-state index in [9.17, 15) is 4.79 Å². The van der Waals surface area contributed by atoms with E-state index in [1.54, 1.807) is 13.2 Å². The van der Waals surface area contributed by atoms with Gasteiger partial charge in [-0.25, -0.2) is 0 Å². The average molecular weight is 304 g/mol. The zero-order valence-electron chi connectivity index (χ0n) is 12.0. The molecule has 0 radical (unpaired) electrons. The molecule has 1 aromatic heterocycles. The number of nitrogens with one attached hydrogen (secondary N) is 1. The van der Waals surface area contributed by atoms with Crippen molar-refractivity contribution in [1.82, 2.24) is 10.3 Å². The first-order valence-electron chi connectivity index (χ1n) is 7.20. The van der Waals surface area contributed by atoms with Crippen molar-refractivity contribution in [2.75, 3.05) is 25.0 Å². The third-order valence-electron chi connectivity index (χ3n) is 4.15. The number of carbonyl (C=O) groups is 1. The second-order valence-electron chi connectivity index (χ2n) is 5.34. The molecular formula is C16H18ClN3O. The fourth-order valence-electron chi connectivity index (χ4n) is 2.99. The van der Waals surface area contributed by atoms with Gasteiger partial charge in [0.1, 0.15) is 0 Å². The monoisotopic (exact) mass is 303 g/mol. The van der Waals surface area contributed by atoms with E-state index < -0.39 is 0 Å². The molecule has 110 valence electrons. The summed E-state index contributed by atoms with van der Waals surface area (Å²) in [6.45, 7) is 1.76. The first kappa shape index (κ1) is 14.1. The van der Waals surface area contributed by atoms with Crippen molar-refractivity contribution in [3.05, 3.63) is 35.5 Å². The van der Waals surface area contributed by atoms with Crippen molar-refractivity contribution in [1.29, 1.82) is 0 Å². The van der Waals surface area contributed by atoms with Crippen LogP contribution in [0.1, 0.15) is 12.8 Å². The summed E-state index contributed by atoms with van der Waals surface area (Å²) in [7, 11) is 1.70. The lowest BCUT2D eigenvalue weighted by molar-refractivity contribution is -0.125. The molecule has 1 aromatic carbocycles. The van der Waals surface area contributed by atoms with Gasteiger partial charge in [-0.3, -0.25) is 9.78 Å². The van der Waals surface area contributed by atoms with Crippen LogP contribution in [-0.2, 0) is 4.79 Å². The SMILES string of the molecule is CNC(=O)C1CCN(c2ccnc3c(Cl)cccc23)CC1. The number of carbonyl (C=O) groups excluding carboxylic acids is 1. The molecule has 0 unspecified atom stereocenters. The molecule has 0 atom stereocenters. The molecule has 2 heterocycles. The molecule has 0 saturated carbocycles. The van der Waals surface area contributed by atoms with Crippen molar-refractivity contribution >= 4 is 34.1 Å². The second kappa shape index (κ2) is 5.90. The standard InChI is InChI=1S/C16H18ClN3O/c1-18-16(21)11-6-9-20(10-7-11)14-5-8-19-15-12(14)3-2-4-13(15)17/h2-5,8,11H,6-7,9-10H2,1H3,(H,18,21). The highest BCUT2D eigenvalue weighted by Gasteiger charge is 2.25. The Hall–Kier alpha value is -1.81. The largest absolute Gasteiger partial charge is 0.371 e. The minimum absolute atomic E-state index is 0.128. The smallest absolute Gasteiger partial charge is 0.222 e. The van der Waals surface area contributed by atoms with Crippen molar-refractivity contribution in [2.45, 2.75) is 12.8 Å². The van der Waals surface area contributed by atoms with E-state index in [0.29, 0.717) is 5.02 Å². The van der Waals surface area contributed by atoms with Crippen LogP contribution in [0.25, 0.3) is 10.9 Å². The van der Waals surface area contributed by atoms with Crippen LogP contribution in [0, 0.1) is 5.92 Å². The molecule has 2 aromatic rings. The predicted molar refractivity (Wildman–Crippen MR) is 85.8 cm³/mol. The van der Waals surface area contributed by atoms with Gasteiger partial charge >= 0.3 is 0 Å². The Morgan fingerprint density at radius 1 is 1.33 bits per heavy atom. The van der Waals surface area contributed by atoms with Crippen LogP contribution in [-0.4, -0.2) is 31.0 Å². The first-order valence-corrected chi connectivity index (χ1v) is 7.58. The maximum absolute atomic E-state index is 11.7. The summed E-state index contributed by atoms with van der Waals surface area (Å²) in [4.78, 5) is 18.4. The summed E-state index contributed by atoms with van der Waals surface area (Å²) in [6.07, 6.45) is 3.56. The predicted octanol–water partition coefficient (Wildman–Crippen LogP) is 2.85. The van der Waals surface area contributed by atoms with E-state index in [1.807, 2.05) is 24.3 Å². The molecule has 1 aliphatic heterocycles. The van der Waals surface area contributed by atoms with Gasteiger partial charge in [0, 0.05) is 43.3 Å². The van der Waals surface area contributed by atoms with Crippen molar-refractivity contribution in [2.24, 2.45) is 5.92 Å². The number of nitrogens with zero attached hydrogens (tertiary/aromatic N) is 2. The summed E-state index contributed by atoms with van der Waals surface area (Å²) >= 11 is 6.22. The summed E-state index contributed by atoms with van der Waals surface area (Å²) in [5, 5.41) is 4.49. The van der Waals surface area contributed by atoms with E-state index >= 15 is 0 Å². The number of benzene rings is 1. The van der Waals surface area contributed by atoms with E-state index in [0.717, 1.165) is 42.5 Å². The molecule has 1 N–H and O–H groups in total. The second-order valence-corrected chi connectivity index (χ2v) is 5.75. The minimum atomic E-state index is 0.128. The lowest BCUT2D eigenvalue weighted by Crippen LogP contribution is -2.39. The highest BCUT2D eigenvalue weighted by molar-refractivity contribution is 6.35. The maximum Gasteiger partial charge on any atom is 0.222 e. The fraction of sp³-hybridized carbons (Fsp3) is 0.375. The molecule has 4 nitrogen and oxygen atoms in total. The summed E-state index contributed by atoms with van der Waals surface area (Å²) < 4.78 is 0. The lowest BCUT2D eigenvalue weighted by atomic mass is 9.95. The molecule has 0 spiro atoms. The van der Waals surface area contributed by atoms with Gasteiger partial charge in [0.25, 0.3) is 0 Å². The van der Waals surface area contributed by atoms with E-state index in [1.165, 1.54) is 0 Å². The number of halogens is 1. The quantitative estimate of drug-likeness (QED) is 0.928. The summed E-state index contributed by atoms with van der Waals surface area (Å²) in [6, 6.07) is 7.89. The molecule has 1 saturated heterocycles. The van der Waals surface area contributed by atoms with Gasteiger partial charge in [-0.1, -0.05) is 23.7 Å². The molecule has 21 heavy (non-hydrogen) atoms. The highest BCUT2D eigenvalue weighted by Crippen LogP contribution is 2.32. The van der Waals surface area contributed by atoms with Crippen LogP contribution in [0.2, 0.25) is 5.02 Å². The molecule has 3 rings (SSSR count). The molecule has 1 aliphatic rings. The van der Waals surface area contributed by atoms with E-state index in [4.69, 9.17) is 11.6 Å². The number of aromatic nitrogens is 1. The van der Waals surface area contributed by atoms with Gasteiger partial charge < -0.3 is 10.2 Å². The molecule has 1 fully saturated rings. The molecule has 0 aliphatic carbocycles. The first-order chi connectivity index (χ1) is 10.2. The topological polar surface area (TPSA) is 45.2 Å². The van der Waals surface area contributed by atoms with Crippen LogP contribution in [0.4, 0.5) is 5.69 Å². The molecular weight excluding hydrogens is 286 g/mol. The Labute approximate surface area is 129 Å². The number of piperidine rings is 1. The maximum atomic E-state index is 11.7. The number of anilines is 1. The van der Waals surface area contributed by atoms with Gasteiger partial charge in [0.2, 0.25) is 5.91 Å². The number of rotatable bonds is 2. The Bertz CT molecular complexity index is 666. The van der Waals surface area contributed by atoms with Crippen LogP contribution >= 0.6 is 11.6 Å². The van der Waals surface area contributed by atoms with Crippen LogP contribution in [0.5, 0.6) is 0 Å². The molecule has 0 bridgehead atoms. The fourth-order valence-corrected chi connectivity index (χ4v) is 3.21. The zero-order valence-corrected chi connectivity index (χ0v) is 12.7. The van der Waals surface area contributed by atoms with Gasteiger partial charge in [-0.2, -0.15) is 0 Å². The third kappa shape index (κ3) is 2.68. The zero-order chi connectivity index (χ0) is 14.8. The Kier molecular flexibility index (Phi) is 3.97. The minimum Gasteiger partial charge on any atom is -0.371 e. The van der Waals surface area contributed by atoms with E-state index in [-0.39, 0.29) is 11.8 Å². The Morgan fingerprint density at radius 3 is 2.81 bits per heavy atom. The number of hydrogen-bond donors (Lipinski definition) is 1. The number of pyridine rings is 1.